The molecule has 0 amide bonds. The largest absolute Gasteiger partial charge is 0.507 e. The highest BCUT2D eigenvalue weighted by atomic mass is 16.3. The first-order valence-corrected chi connectivity index (χ1v) is 8.71. The average Bonchev–Trinajstić information content (AvgIpc) is 2.49. The molecule has 4 unspecified atom stereocenters. The van der Waals surface area contributed by atoms with Crippen molar-refractivity contribution in [2.45, 2.75) is 60.0 Å². The molecule has 0 aromatic carbocycles. The second-order valence-electron chi connectivity index (χ2n) is 7.57. The molecule has 0 spiro atoms. The summed E-state index contributed by atoms with van der Waals surface area (Å²) in [7, 11) is 0. The molecule has 0 bridgehead atoms. The molecule has 0 saturated carbocycles. The second kappa shape index (κ2) is 7.06. The first-order chi connectivity index (χ1) is 11.1. The van der Waals surface area contributed by atoms with Gasteiger partial charge in [0.1, 0.15) is 5.76 Å². The molecule has 132 valence electrons. The number of rotatable bonds is 4. The summed E-state index contributed by atoms with van der Waals surface area (Å²) in [6, 6.07) is 0. The molecule has 4 nitrogen and oxygen atoms in total. The molecule has 0 heterocycles. The lowest BCUT2D eigenvalue weighted by Crippen LogP contribution is -2.35. The molecule has 0 aromatic heterocycles. The minimum absolute atomic E-state index is 0.0107. The van der Waals surface area contributed by atoms with Gasteiger partial charge in [-0.05, 0) is 57.8 Å². The summed E-state index contributed by atoms with van der Waals surface area (Å²) in [5.74, 6) is -0.995. The molecule has 0 saturated heterocycles. The van der Waals surface area contributed by atoms with E-state index >= 15 is 0 Å². The van der Waals surface area contributed by atoms with E-state index in [-0.39, 0.29) is 29.1 Å². The van der Waals surface area contributed by atoms with Crippen LogP contribution in [0.5, 0.6) is 0 Å². The summed E-state index contributed by atoms with van der Waals surface area (Å²) < 4.78 is 0. The highest BCUT2D eigenvalue weighted by Gasteiger charge is 2.42. The molecule has 2 aliphatic rings. The highest BCUT2D eigenvalue weighted by Crippen LogP contribution is 2.45. The Bertz CT molecular complexity index is 647. The summed E-state index contributed by atoms with van der Waals surface area (Å²) >= 11 is 0. The van der Waals surface area contributed by atoms with Crippen molar-refractivity contribution in [1.29, 1.82) is 0 Å². The molecular formula is C20H28O4. The predicted octanol–water partition coefficient (Wildman–Crippen LogP) is 3.67. The van der Waals surface area contributed by atoms with E-state index in [4.69, 9.17) is 0 Å². The molecule has 0 aromatic rings. The van der Waals surface area contributed by atoms with Crippen LogP contribution in [0.4, 0.5) is 0 Å². The Hall–Kier alpha value is -1.68. The molecule has 0 radical (unpaired) electrons. The van der Waals surface area contributed by atoms with Gasteiger partial charge in [0.15, 0.2) is 0 Å². The smallest absolute Gasteiger partial charge is 0.232 e. The van der Waals surface area contributed by atoms with Crippen LogP contribution in [0.2, 0.25) is 0 Å². The van der Waals surface area contributed by atoms with E-state index in [1.807, 2.05) is 33.8 Å². The third-order valence-corrected chi connectivity index (χ3v) is 5.29. The van der Waals surface area contributed by atoms with Crippen LogP contribution in [-0.4, -0.2) is 27.9 Å². The van der Waals surface area contributed by atoms with Gasteiger partial charge in [0.05, 0.1) is 6.10 Å². The van der Waals surface area contributed by atoms with E-state index in [1.54, 1.807) is 0 Å². The maximum atomic E-state index is 12.5. The number of ketones is 2. The quantitative estimate of drug-likeness (QED) is 0.468. The van der Waals surface area contributed by atoms with Crippen molar-refractivity contribution in [1.82, 2.24) is 0 Å². The third kappa shape index (κ3) is 3.39. The van der Waals surface area contributed by atoms with Crippen LogP contribution in [-0.2, 0) is 9.59 Å². The monoisotopic (exact) mass is 332 g/mol. The molecule has 24 heavy (non-hydrogen) atoms. The standard InChI is InChI=1S/C20H28O4/c1-10(2)8-14(21)9-12(4)15-7-6-11(3)16-17(15)18(22)13(5)19(23)20(16)24/h8,11-12,14-15,21-22H,6-7,9H2,1-5H3. The Balaban J connectivity index is 2.38. The fraction of sp³-hybridized carbons (Fsp3) is 0.600. The van der Waals surface area contributed by atoms with Crippen molar-refractivity contribution in [3.8, 4) is 0 Å². The van der Waals surface area contributed by atoms with E-state index in [2.05, 4.69) is 0 Å². The van der Waals surface area contributed by atoms with Crippen LogP contribution in [0, 0.1) is 17.8 Å². The van der Waals surface area contributed by atoms with Crippen molar-refractivity contribution >= 4 is 11.6 Å². The highest BCUT2D eigenvalue weighted by molar-refractivity contribution is 6.50. The lowest BCUT2D eigenvalue weighted by Gasteiger charge is -2.37. The maximum absolute atomic E-state index is 12.5. The summed E-state index contributed by atoms with van der Waals surface area (Å²) in [5, 5.41) is 20.7. The summed E-state index contributed by atoms with van der Waals surface area (Å²) in [6.07, 6.45) is 3.52. The van der Waals surface area contributed by atoms with Gasteiger partial charge in [-0.3, -0.25) is 9.59 Å². The molecule has 0 aliphatic heterocycles. The minimum atomic E-state index is -0.587. The zero-order chi connectivity index (χ0) is 18.2. The Kier molecular flexibility index (Phi) is 5.49. The molecule has 2 rings (SSSR count). The Morgan fingerprint density at radius 2 is 1.83 bits per heavy atom. The van der Waals surface area contributed by atoms with Gasteiger partial charge >= 0.3 is 0 Å². The van der Waals surface area contributed by atoms with Gasteiger partial charge in [-0.2, -0.15) is 0 Å². The molecule has 2 N–H and O–H groups in total. The fourth-order valence-electron chi connectivity index (χ4n) is 4.00. The molecule has 2 aliphatic carbocycles. The van der Waals surface area contributed by atoms with E-state index < -0.39 is 17.7 Å². The van der Waals surface area contributed by atoms with Crippen LogP contribution in [0.15, 0.2) is 34.1 Å². The van der Waals surface area contributed by atoms with Crippen LogP contribution in [0.3, 0.4) is 0 Å². The maximum Gasteiger partial charge on any atom is 0.232 e. The Morgan fingerprint density at radius 1 is 1.21 bits per heavy atom. The lowest BCUT2D eigenvalue weighted by molar-refractivity contribution is -0.133. The molecular weight excluding hydrogens is 304 g/mol. The van der Waals surface area contributed by atoms with Crippen molar-refractivity contribution < 1.29 is 19.8 Å². The van der Waals surface area contributed by atoms with Gasteiger partial charge < -0.3 is 10.2 Å². The number of aliphatic hydroxyl groups excluding tert-OH is 2. The van der Waals surface area contributed by atoms with Crippen molar-refractivity contribution in [2.24, 2.45) is 17.8 Å². The predicted molar refractivity (Wildman–Crippen MR) is 93.5 cm³/mol. The van der Waals surface area contributed by atoms with Gasteiger partial charge in [0.2, 0.25) is 11.6 Å². The molecule has 0 fully saturated rings. The normalized spacial score (nSPS) is 27.1. The SMILES string of the molecule is CC(C)=CC(O)CC(C)C1CCC(C)C2=C1C(O)=C(C)C(=O)C2=O. The number of aliphatic hydroxyl groups is 2. The van der Waals surface area contributed by atoms with Crippen LogP contribution in [0.1, 0.15) is 53.9 Å². The number of carbonyl (C=O) groups is 2. The molecule has 4 heteroatoms. The van der Waals surface area contributed by atoms with Gasteiger partial charge in [-0.1, -0.05) is 25.5 Å². The van der Waals surface area contributed by atoms with Gasteiger partial charge in [0.25, 0.3) is 0 Å². The van der Waals surface area contributed by atoms with Gasteiger partial charge in [-0.15, -0.1) is 0 Å². The summed E-state index contributed by atoms with van der Waals surface area (Å²) in [5.41, 5.74) is 2.34. The van der Waals surface area contributed by atoms with Gasteiger partial charge in [-0.25, -0.2) is 0 Å². The number of Topliss-reactive ketones (excluding diaryl/α,β-unsaturated/α-hetero) is 2. The number of carbonyl (C=O) groups excluding carboxylic acids is 2. The van der Waals surface area contributed by atoms with E-state index in [1.165, 1.54) is 6.92 Å². The first kappa shape index (κ1) is 18.7. The fourth-order valence-corrected chi connectivity index (χ4v) is 4.00. The first-order valence-electron chi connectivity index (χ1n) is 8.71. The van der Waals surface area contributed by atoms with Crippen LogP contribution < -0.4 is 0 Å². The van der Waals surface area contributed by atoms with Gasteiger partial charge in [0, 0.05) is 16.7 Å². The van der Waals surface area contributed by atoms with Crippen molar-refractivity contribution in [3.05, 3.63) is 34.1 Å². The van der Waals surface area contributed by atoms with E-state index in [0.29, 0.717) is 17.6 Å². The number of allylic oxidation sites excluding steroid dienone is 4. The molecule has 4 atom stereocenters. The van der Waals surface area contributed by atoms with Crippen LogP contribution in [0.25, 0.3) is 0 Å². The second-order valence-corrected chi connectivity index (χ2v) is 7.57. The Morgan fingerprint density at radius 3 is 2.42 bits per heavy atom. The van der Waals surface area contributed by atoms with E-state index in [0.717, 1.165) is 18.4 Å². The summed E-state index contributed by atoms with van der Waals surface area (Å²) in [4.78, 5) is 24.5. The number of hydrogen-bond acceptors (Lipinski definition) is 4. The summed E-state index contributed by atoms with van der Waals surface area (Å²) in [6.45, 7) is 9.38. The topological polar surface area (TPSA) is 74.6 Å². The van der Waals surface area contributed by atoms with E-state index in [9.17, 15) is 19.8 Å². The zero-order valence-corrected chi connectivity index (χ0v) is 15.2. The van der Waals surface area contributed by atoms with Crippen molar-refractivity contribution in [2.75, 3.05) is 0 Å². The number of hydrogen-bond donors (Lipinski definition) is 2. The third-order valence-electron chi connectivity index (χ3n) is 5.29. The lowest BCUT2D eigenvalue weighted by atomic mass is 9.67. The Labute approximate surface area is 144 Å². The minimum Gasteiger partial charge on any atom is -0.507 e. The zero-order valence-electron chi connectivity index (χ0n) is 15.2. The average molecular weight is 332 g/mol. The van der Waals surface area contributed by atoms with Crippen molar-refractivity contribution in [3.63, 3.8) is 0 Å². The van der Waals surface area contributed by atoms with Crippen LogP contribution >= 0.6 is 0 Å².